The van der Waals surface area contributed by atoms with Gasteiger partial charge in [-0.3, -0.25) is 9.55 Å². The molecule has 0 fully saturated rings. The van der Waals surface area contributed by atoms with Crippen molar-refractivity contribution in [2.75, 3.05) is 0 Å². The number of nitrogens with zero attached hydrogens (tertiary/aromatic N) is 5. The zero-order valence-electron chi connectivity index (χ0n) is 28.6. The molecule has 0 spiro atoms. The quantitative estimate of drug-likeness (QED) is 0.182. The van der Waals surface area contributed by atoms with Gasteiger partial charge < -0.3 is 9.13 Å². The molecule has 0 aliphatic carbocycles. The largest absolute Gasteiger partial charge is 0.309 e. The molecule has 0 aliphatic rings. The molecule has 0 radical (unpaired) electrons. The van der Waals surface area contributed by atoms with E-state index in [9.17, 15) is 0 Å². The molecule has 5 nitrogen and oxygen atoms in total. The van der Waals surface area contributed by atoms with Crippen molar-refractivity contribution in [2.24, 2.45) is 0 Å². The molecule has 5 heteroatoms. The summed E-state index contributed by atoms with van der Waals surface area (Å²) in [4.78, 5) is 10.4. The molecule has 4 aromatic heterocycles. The molecule has 0 N–H and O–H groups in total. The van der Waals surface area contributed by atoms with E-state index in [1.165, 1.54) is 21.5 Å². The van der Waals surface area contributed by atoms with Crippen LogP contribution in [0, 0.1) is 0 Å². The van der Waals surface area contributed by atoms with Crippen LogP contribution in [0.4, 0.5) is 0 Å². The molecule has 0 unspecified atom stereocenters. The van der Waals surface area contributed by atoms with Gasteiger partial charge in [0.15, 0.2) is 0 Å². The Morgan fingerprint density at radius 2 is 0.792 bits per heavy atom. The van der Waals surface area contributed by atoms with Gasteiger partial charge in [-0.05, 0) is 60.7 Å². The average Bonchev–Trinajstić information content (AvgIpc) is 3.90. The van der Waals surface area contributed by atoms with Crippen LogP contribution in [0.1, 0.15) is 0 Å². The lowest BCUT2D eigenvalue weighted by atomic mass is 10.1. The highest BCUT2D eigenvalue weighted by Crippen LogP contribution is 2.39. The molecule has 0 bridgehead atoms. The maximum atomic E-state index is 5.51. The molecule has 0 amide bonds. The van der Waals surface area contributed by atoms with E-state index in [0.717, 1.165) is 72.8 Å². The summed E-state index contributed by atoms with van der Waals surface area (Å²) in [6.45, 7) is 0. The SMILES string of the molecule is c1ccc(-c2nccc3c2nc(-c2cc(-n4c5ccccc5c5ccccc54)cc(-n4c5ccccc5c5ccccc54)c2)n3-c2ccccc2)cc1. The summed E-state index contributed by atoms with van der Waals surface area (Å²) in [5.74, 6) is 0.848. The first-order valence-electron chi connectivity index (χ1n) is 17.9. The van der Waals surface area contributed by atoms with Crippen molar-refractivity contribution in [3.63, 3.8) is 0 Å². The van der Waals surface area contributed by atoms with Gasteiger partial charge in [0.1, 0.15) is 11.3 Å². The van der Waals surface area contributed by atoms with Gasteiger partial charge in [-0.1, -0.05) is 121 Å². The van der Waals surface area contributed by atoms with Gasteiger partial charge in [-0.15, -0.1) is 0 Å². The molecule has 4 heterocycles. The fourth-order valence-corrected chi connectivity index (χ4v) is 8.23. The highest BCUT2D eigenvalue weighted by atomic mass is 15.1. The second-order valence-electron chi connectivity index (χ2n) is 13.5. The van der Waals surface area contributed by atoms with E-state index in [1.54, 1.807) is 0 Å². The summed E-state index contributed by atoms with van der Waals surface area (Å²) in [5, 5.41) is 4.90. The van der Waals surface area contributed by atoms with E-state index >= 15 is 0 Å². The molecule has 11 aromatic rings. The van der Waals surface area contributed by atoms with Crippen molar-refractivity contribution in [1.82, 2.24) is 23.7 Å². The first-order chi connectivity index (χ1) is 26.3. The molecular formula is C48H31N5. The number of hydrogen-bond donors (Lipinski definition) is 0. The van der Waals surface area contributed by atoms with Crippen molar-refractivity contribution in [3.8, 4) is 39.7 Å². The maximum Gasteiger partial charge on any atom is 0.145 e. The van der Waals surface area contributed by atoms with Crippen LogP contribution in [0.25, 0.3) is 94.4 Å². The van der Waals surface area contributed by atoms with Crippen LogP contribution in [0.15, 0.2) is 188 Å². The monoisotopic (exact) mass is 677 g/mol. The van der Waals surface area contributed by atoms with E-state index in [-0.39, 0.29) is 0 Å². The second kappa shape index (κ2) is 11.7. The number of aromatic nitrogens is 5. The Hall–Kier alpha value is -7.24. The first-order valence-corrected chi connectivity index (χ1v) is 17.9. The van der Waals surface area contributed by atoms with Crippen molar-refractivity contribution < 1.29 is 0 Å². The van der Waals surface area contributed by atoms with Gasteiger partial charge in [0.25, 0.3) is 0 Å². The van der Waals surface area contributed by atoms with Crippen molar-refractivity contribution in [1.29, 1.82) is 0 Å². The van der Waals surface area contributed by atoms with E-state index in [1.807, 2.05) is 12.3 Å². The summed E-state index contributed by atoms with van der Waals surface area (Å²) >= 11 is 0. The Bertz CT molecular complexity index is 2930. The summed E-state index contributed by atoms with van der Waals surface area (Å²) in [7, 11) is 0. The zero-order valence-corrected chi connectivity index (χ0v) is 28.6. The summed E-state index contributed by atoms with van der Waals surface area (Å²) in [6.07, 6.45) is 1.90. The Balaban J connectivity index is 1.28. The van der Waals surface area contributed by atoms with E-state index < -0.39 is 0 Å². The zero-order chi connectivity index (χ0) is 34.9. The lowest BCUT2D eigenvalue weighted by Crippen LogP contribution is -2.02. The lowest BCUT2D eigenvalue weighted by molar-refractivity contribution is 1.09. The van der Waals surface area contributed by atoms with Gasteiger partial charge in [-0.25, -0.2) is 4.98 Å². The number of para-hydroxylation sites is 5. The summed E-state index contributed by atoms with van der Waals surface area (Å²) in [5.41, 5.74) is 12.5. The number of imidazole rings is 1. The number of pyridine rings is 1. The van der Waals surface area contributed by atoms with Gasteiger partial charge in [0.05, 0.1) is 33.3 Å². The maximum absolute atomic E-state index is 5.51. The number of fused-ring (bicyclic) bond motifs is 7. The van der Waals surface area contributed by atoms with Crippen molar-refractivity contribution in [3.05, 3.63) is 188 Å². The molecule has 0 atom stereocenters. The van der Waals surface area contributed by atoms with E-state index in [0.29, 0.717) is 0 Å². The second-order valence-corrected chi connectivity index (χ2v) is 13.5. The van der Waals surface area contributed by atoms with Crippen LogP contribution < -0.4 is 0 Å². The van der Waals surface area contributed by atoms with Gasteiger partial charge >= 0.3 is 0 Å². The predicted molar refractivity (Wildman–Crippen MR) is 218 cm³/mol. The number of hydrogen-bond acceptors (Lipinski definition) is 2. The Labute approximate surface area is 305 Å². The predicted octanol–water partition coefficient (Wildman–Crippen LogP) is 11.9. The van der Waals surface area contributed by atoms with Crippen LogP contribution in [0.3, 0.4) is 0 Å². The minimum absolute atomic E-state index is 0.848. The van der Waals surface area contributed by atoms with Gasteiger partial charge in [-0.2, -0.15) is 0 Å². The highest BCUT2D eigenvalue weighted by molar-refractivity contribution is 6.10. The lowest BCUT2D eigenvalue weighted by Gasteiger charge is -2.16. The molecule has 0 aliphatic heterocycles. The Kier molecular flexibility index (Phi) is 6.48. The average molecular weight is 678 g/mol. The number of benzene rings is 7. The van der Waals surface area contributed by atoms with Crippen molar-refractivity contribution >= 4 is 54.6 Å². The highest BCUT2D eigenvalue weighted by Gasteiger charge is 2.22. The van der Waals surface area contributed by atoms with E-state index in [4.69, 9.17) is 9.97 Å². The molecule has 7 aromatic carbocycles. The standard InChI is InChI=1S/C48H31N5/c1-3-15-32(16-4-1)46-47-45(27-28-49-46)53(34-17-5-2-6-18-34)48(50-47)33-29-35(51-41-23-11-7-19-37(41)38-20-8-12-24-42(38)51)31-36(30-33)52-43-25-13-9-21-39(43)40-22-10-14-26-44(40)52/h1-31H. The Morgan fingerprint density at radius 1 is 0.340 bits per heavy atom. The van der Waals surface area contributed by atoms with Crippen LogP contribution >= 0.6 is 0 Å². The third kappa shape index (κ3) is 4.51. The fourth-order valence-electron chi connectivity index (χ4n) is 8.23. The molecular weight excluding hydrogens is 647 g/mol. The van der Waals surface area contributed by atoms with Gasteiger partial charge in [0, 0.05) is 55.9 Å². The number of rotatable bonds is 5. The third-order valence-electron chi connectivity index (χ3n) is 10.5. The Morgan fingerprint density at radius 3 is 1.30 bits per heavy atom. The minimum Gasteiger partial charge on any atom is -0.309 e. The summed E-state index contributed by atoms with van der Waals surface area (Å²) in [6, 6.07) is 64.7. The topological polar surface area (TPSA) is 40.6 Å². The van der Waals surface area contributed by atoms with Crippen molar-refractivity contribution in [2.45, 2.75) is 0 Å². The minimum atomic E-state index is 0.848. The fraction of sp³-hybridized carbons (Fsp3) is 0. The summed E-state index contributed by atoms with van der Waals surface area (Å²) < 4.78 is 7.08. The molecule has 11 rings (SSSR count). The van der Waals surface area contributed by atoms with Crippen LogP contribution in [-0.4, -0.2) is 23.7 Å². The molecule has 0 saturated carbocycles. The van der Waals surface area contributed by atoms with Gasteiger partial charge in [0.2, 0.25) is 0 Å². The van der Waals surface area contributed by atoms with Crippen LogP contribution in [0.2, 0.25) is 0 Å². The van der Waals surface area contributed by atoms with Crippen LogP contribution in [0.5, 0.6) is 0 Å². The molecule has 248 valence electrons. The smallest absolute Gasteiger partial charge is 0.145 e. The molecule has 53 heavy (non-hydrogen) atoms. The first kappa shape index (κ1) is 29.5. The van der Waals surface area contributed by atoms with Crippen LogP contribution in [-0.2, 0) is 0 Å². The molecule has 0 saturated heterocycles. The normalized spacial score (nSPS) is 11.8. The van der Waals surface area contributed by atoms with E-state index in [2.05, 4.69) is 190 Å². The third-order valence-corrected chi connectivity index (χ3v) is 10.5.